The summed E-state index contributed by atoms with van der Waals surface area (Å²) in [7, 11) is -1.45. The highest BCUT2D eigenvalue weighted by Gasteiger charge is 2.28. The number of benzene rings is 1. The first-order valence-corrected chi connectivity index (χ1v) is 8.29. The zero-order valence-electron chi connectivity index (χ0n) is 13.2. The van der Waals surface area contributed by atoms with Crippen LogP contribution >= 0.6 is 0 Å². The van der Waals surface area contributed by atoms with Gasteiger partial charge in [0.25, 0.3) is 0 Å². The molecule has 0 atom stereocenters. The van der Waals surface area contributed by atoms with Crippen LogP contribution in [0, 0.1) is 5.82 Å². The second-order valence-electron chi connectivity index (χ2n) is 4.62. The number of ether oxygens (including phenoxy) is 1. The highest BCUT2D eigenvalue weighted by molar-refractivity contribution is 7.89. The largest absolute Gasteiger partial charge is 0.495 e. The third-order valence-electron chi connectivity index (χ3n) is 3.29. The predicted octanol–water partition coefficient (Wildman–Crippen LogP) is 1.32. The minimum atomic E-state index is -4.03. The molecule has 0 aliphatic carbocycles. The first-order valence-electron chi connectivity index (χ1n) is 6.85. The van der Waals surface area contributed by atoms with Crippen LogP contribution in [0.4, 0.5) is 4.39 Å². The molecule has 1 aromatic rings. The maximum Gasteiger partial charge on any atom is 0.247 e. The van der Waals surface area contributed by atoms with Crippen LogP contribution in [0.15, 0.2) is 23.1 Å². The molecular formula is C14H21FN2O4S. The summed E-state index contributed by atoms with van der Waals surface area (Å²) in [4.78, 5) is 13.3. The van der Waals surface area contributed by atoms with Gasteiger partial charge in [0, 0.05) is 20.1 Å². The van der Waals surface area contributed by atoms with Gasteiger partial charge >= 0.3 is 0 Å². The number of amides is 1. The van der Waals surface area contributed by atoms with E-state index >= 15 is 0 Å². The average molecular weight is 332 g/mol. The van der Waals surface area contributed by atoms with E-state index in [9.17, 15) is 17.6 Å². The third-order valence-corrected chi connectivity index (χ3v) is 5.11. The maximum absolute atomic E-state index is 13.4. The third kappa shape index (κ3) is 3.95. The van der Waals surface area contributed by atoms with Gasteiger partial charge in [-0.25, -0.2) is 12.8 Å². The molecule has 1 aromatic carbocycles. The van der Waals surface area contributed by atoms with Crippen LogP contribution in [0.5, 0.6) is 5.75 Å². The molecule has 0 spiro atoms. The Labute approximate surface area is 130 Å². The van der Waals surface area contributed by atoms with Crippen molar-refractivity contribution in [3.63, 3.8) is 0 Å². The molecule has 0 unspecified atom stereocenters. The van der Waals surface area contributed by atoms with Crippen LogP contribution in [-0.2, 0) is 14.8 Å². The lowest BCUT2D eigenvalue weighted by Gasteiger charge is -2.23. The summed E-state index contributed by atoms with van der Waals surface area (Å²) in [6.07, 6.45) is 0. The second-order valence-corrected chi connectivity index (χ2v) is 6.64. The average Bonchev–Trinajstić information content (AvgIpc) is 2.48. The number of halogens is 1. The summed E-state index contributed by atoms with van der Waals surface area (Å²) in [5.41, 5.74) is 0. The molecule has 1 amide bonds. The Balaban J connectivity index is 3.09. The van der Waals surface area contributed by atoms with Crippen LogP contribution in [0.2, 0.25) is 0 Å². The first kappa shape index (κ1) is 18.4. The number of likely N-dealkylation sites (N-methyl/N-ethyl adjacent to an activating group) is 2. The Morgan fingerprint density at radius 2 is 1.86 bits per heavy atom. The normalized spacial score (nSPS) is 11.5. The Morgan fingerprint density at radius 3 is 2.36 bits per heavy atom. The molecule has 22 heavy (non-hydrogen) atoms. The fourth-order valence-corrected chi connectivity index (χ4v) is 3.26. The number of methoxy groups -OCH3 is 1. The molecule has 0 aliphatic rings. The molecule has 0 fully saturated rings. The van der Waals surface area contributed by atoms with Crippen molar-refractivity contribution in [2.75, 3.05) is 33.8 Å². The number of carbonyl (C=O) groups excluding carboxylic acids is 1. The van der Waals surface area contributed by atoms with Crippen LogP contribution in [-0.4, -0.2) is 57.3 Å². The summed E-state index contributed by atoms with van der Waals surface area (Å²) < 4.78 is 44.2. The van der Waals surface area contributed by atoms with Crippen molar-refractivity contribution < 1.29 is 22.3 Å². The first-order chi connectivity index (χ1) is 10.3. The topological polar surface area (TPSA) is 66.9 Å². The Hall–Kier alpha value is -1.67. The molecule has 124 valence electrons. The van der Waals surface area contributed by atoms with Crippen molar-refractivity contribution in [2.24, 2.45) is 0 Å². The number of carbonyl (C=O) groups is 1. The van der Waals surface area contributed by atoms with Crippen molar-refractivity contribution in [3.05, 3.63) is 24.0 Å². The van der Waals surface area contributed by atoms with Crippen molar-refractivity contribution in [1.82, 2.24) is 9.21 Å². The van der Waals surface area contributed by atoms with Crippen molar-refractivity contribution in [3.8, 4) is 5.75 Å². The van der Waals surface area contributed by atoms with E-state index in [0.717, 1.165) is 16.4 Å². The van der Waals surface area contributed by atoms with Gasteiger partial charge in [-0.1, -0.05) is 0 Å². The number of sulfonamides is 1. The Morgan fingerprint density at radius 1 is 1.27 bits per heavy atom. The van der Waals surface area contributed by atoms with Crippen molar-refractivity contribution in [2.45, 2.75) is 18.7 Å². The summed E-state index contributed by atoms with van der Waals surface area (Å²) in [5.74, 6) is -0.974. The second kappa shape index (κ2) is 7.55. The molecule has 1 rings (SSSR count). The van der Waals surface area contributed by atoms with Gasteiger partial charge in [-0.15, -0.1) is 0 Å². The van der Waals surface area contributed by atoms with Crippen LogP contribution in [0.3, 0.4) is 0 Å². The van der Waals surface area contributed by atoms with E-state index in [1.165, 1.54) is 25.1 Å². The van der Waals surface area contributed by atoms with Gasteiger partial charge in [0.2, 0.25) is 15.9 Å². The molecule has 0 heterocycles. The molecule has 0 bridgehead atoms. The van der Waals surface area contributed by atoms with Gasteiger partial charge in [0.05, 0.1) is 13.7 Å². The van der Waals surface area contributed by atoms with Gasteiger partial charge in [0.15, 0.2) is 0 Å². The molecule has 0 N–H and O–H groups in total. The lowest BCUT2D eigenvalue weighted by Crippen LogP contribution is -2.41. The monoisotopic (exact) mass is 332 g/mol. The van der Waals surface area contributed by atoms with E-state index < -0.39 is 15.8 Å². The van der Waals surface area contributed by atoms with Crippen LogP contribution < -0.4 is 4.74 Å². The van der Waals surface area contributed by atoms with Gasteiger partial charge in [-0.2, -0.15) is 4.31 Å². The lowest BCUT2D eigenvalue weighted by molar-refractivity contribution is -0.130. The van der Waals surface area contributed by atoms with Crippen LogP contribution in [0.25, 0.3) is 0 Å². The van der Waals surface area contributed by atoms with Crippen molar-refractivity contribution in [1.29, 1.82) is 0 Å². The fraction of sp³-hybridized carbons (Fsp3) is 0.500. The van der Waals surface area contributed by atoms with E-state index in [0.29, 0.717) is 13.1 Å². The van der Waals surface area contributed by atoms with Gasteiger partial charge in [-0.3, -0.25) is 4.79 Å². The quantitative estimate of drug-likeness (QED) is 0.755. The molecule has 0 aliphatic heterocycles. The van der Waals surface area contributed by atoms with Gasteiger partial charge in [0.1, 0.15) is 16.5 Å². The van der Waals surface area contributed by atoms with Gasteiger partial charge in [-0.05, 0) is 32.0 Å². The zero-order chi connectivity index (χ0) is 16.9. The number of rotatable bonds is 7. The summed E-state index contributed by atoms with van der Waals surface area (Å²) >= 11 is 0. The minimum absolute atomic E-state index is 0.0311. The minimum Gasteiger partial charge on any atom is -0.495 e. The van der Waals surface area contributed by atoms with Crippen molar-refractivity contribution >= 4 is 15.9 Å². The summed E-state index contributed by atoms with van der Waals surface area (Å²) in [6.45, 7) is 4.29. The highest BCUT2D eigenvalue weighted by Crippen LogP contribution is 2.26. The van der Waals surface area contributed by atoms with E-state index in [4.69, 9.17) is 4.74 Å². The zero-order valence-corrected chi connectivity index (χ0v) is 14.0. The molecule has 0 saturated carbocycles. The standard InChI is InChI=1S/C14H21FN2O4S/c1-5-17(6-2)14(18)10-16(3)22(19,20)13-9-11(15)7-8-12(13)21-4/h7-9H,5-6,10H2,1-4H3. The molecule has 0 radical (unpaired) electrons. The molecule has 6 nitrogen and oxygen atoms in total. The molecule has 0 saturated heterocycles. The lowest BCUT2D eigenvalue weighted by atomic mass is 10.3. The van der Waals surface area contributed by atoms with Gasteiger partial charge < -0.3 is 9.64 Å². The Bertz CT molecular complexity index is 630. The van der Waals surface area contributed by atoms with E-state index in [1.54, 1.807) is 0 Å². The number of hydrogen-bond donors (Lipinski definition) is 0. The van der Waals surface area contributed by atoms with E-state index in [1.807, 2.05) is 13.8 Å². The maximum atomic E-state index is 13.4. The molecule has 0 aromatic heterocycles. The summed E-state index contributed by atoms with van der Waals surface area (Å²) in [5, 5.41) is 0. The van der Waals surface area contributed by atoms with E-state index in [2.05, 4.69) is 0 Å². The molecular weight excluding hydrogens is 311 g/mol. The van der Waals surface area contributed by atoms with E-state index in [-0.39, 0.29) is 23.1 Å². The smallest absolute Gasteiger partial charge is 0.247 e. The number of hydrogen-bond acceptors (Lipinski definition) is 4. The predicted molar refractivity (Wildman–Crippen MR) is 80.7 cm³/mol. The number of nitrogens with zero attached hydrogens (tertiary/aromatic N) is 2. The molecule has 8 heteroatoms. The van der Waals surface area contributed by atoms with Crippen LogP contribution in [0.1, 0.15) is 13.8 Å². The SMILES string of the molecule is CCN(CC)C(=O)CN(C)S(=O)(=O)c1cc(F)ccc1OC. The summed E-state index contributed by atoms with van der Waals surface area (Å²) in [6, 6.07) is 3.23. The highest BCUT2D eigenvalue weighted by atomic mass is 32.2. The fourth-order valence-electron chi connectivity index (χ4n) is 1.97. The Kier molecular flexibility index (Phi) is 6.31.